The number of aliphatic hydroxyl groups is 1. The van der Waals surface area contributed by atoms with Gasteiger partial charge in [0.25, 0.3) is 0 Å². The van der Waals surface area contributed by atoms with Crippen LogP contribution in [0, 0.1) is 6.92 Å². The summed E-state index contributed by atoms with van der Waals surface area (Å²) in [5.74, 6) is 1.67. The summed E-state index contributed by atoms with van der Waals surface area (Å²) in [6.07, 6.45) is -0.537. The molecule has 0 spiro atoms. The van der Waals surface area contributed by atoms with Crippen LogP contribution in [0.5, 0.6) is 11.5 Å². The first-order chi connectivity index (χ1) is 11.1. The lowest BCUT2D eigenvalue weighted by Crippen LogP contribution is -2.32. The Bertz CT molecular complexity index is 615. The fraction of sp³-hybridized carbons (Fsp3) is 0.368. The summed E-state index contributed by atoms with van der Waals surface area (Å²) >= 11 is 0. The van der Waals surface area contributed by atoms with Crippen LogP contribution in [0.3, 0.4) is 0 Å². The molecule has 0 aliphatic rings. The van der Waals surface area contributed by atoms with Crippen LogP contribution < -0.4 is 9.47 Å². The average molecular weight is 315 g/mol. The molecular formula is C19H25NO3. The third kappa shape index (κ3) is 5.58. The molecule has 2 aromatic carbocycles. The Morgan fingerprint density at radius 2 is 1.91 bits per heavy atom. The maximum atomic E-state index is 10.2. The zero-order valence-corrected chi connectivity index (χ0v) is 14.0. The molecule has 4 nitrogen and oxygen atoms in total. The van der Waals surface area contributed by atoms with E-state index in [4.69, 9.17) is 9.47 Å². The smallest absolute Gasteiger partial charge is 0.122 e. The molecule has 1 atom stereocenters. The zero-order chi connectivity index (χ0) is 16.7. The minimum atomic E-state index is -0.537. The van der Waals surface area contributed by atoms with E-state index in [1.807, 2.05) is 56.4 Å². The third-order valence-corrected chi connectivity index (χ3v) is 3.63. The Kier molecular flexibility index (Phi) is 6.44. The van der Waals surface area contributed by atoms with Gasteiger partial charge in [-0.25, -0.2) is 0 Å². The van der Waals surface area contributed by atoms with Crippen LogP contribution in [0.1, 0.15) is 11.1 Å². The highest BCUT2D eigenvalue weighted by Gasteiger charge is 2.10. The molecule has 0 saturated heterocycles. The topological polar surface area (TPSA) is 41.9 Å². The summed E-state index contributed by atoms with van der Waals surface area (Å²) in [7, 11) is 3.64. The van der Waals surface area contributed by atoms with Gasteiger partial charge >= 0.3 is 0 Å². The lowest BCUT2D eigenvalue weighted by Gasteiger charge is -2.21. The van der Waals surface area contributed by atoms with Gasteiger partial charge < -0.3 is 14.6 Å². The van der Waals surface area contributed by atoms with Gasteiger partial charge in [0, 0.05) is 13.1 Å². The van der Waals surface area contributed by atoms with Gasteiger partial charge in [0.05, 0.1) is 7.11 Å². The van der Waals surface area contributed by atoms with Crippen LogP contribution in [0.4, 0.5) is 0 Å². The van der Waals surface area contributed by atoms with Gasteiger partial charge in [0.2, 0.25) is 0 Å². The number of methoxy groups -OCH3 is 1. The number of nitrogens with zero attached hydrogens (tertiary/aromatic N) is 1. The highest BCUT2D eigenvalue weighted by Crippen LogP contribution is 2.17. The summed E-state index contributed by atoms with van der Waals surface area (Å²) in [4.78, 5) is 2.07. The molecule has 0 radical (unpaired) electrons. The summed E-state index contributed by atoms with van der Waals surface area (Å²) in [5.41, 5.74) is 2.23. The molecule has 0 bridgehead atoms. The molecule has 0 saturated carbocycles. The van der Waals surface area contributed by atoms with Crippen LogP contribution in [0.2, 0.25) is 0 Å². The Balaban J connectivity index is 1.80. The molecule has 0 amide bonds. The first-order valence-electron chi connectivity index (χ1n) is 7.76. The Hall–Kier alpha value is -2.04. The molecule has 2 aromatic rings. The van der Waals surface area contributed by atoms with Crippen molar-refractivity contribution in [1.29, 1.82) is 0 Å². The van der Waals surface area contributed by atoms with E-state index in [1.54, 1.807) is 7.11 Å². The molecular weight excluding hydrogens is 290 g/mol. The van der Waals surface area contributed by atoms with Gasteiger partial charge in [-0.3, -0.25) is 4.90 Å². The maximum absolute atomic E-state index is 10.2. The van der Waals surface area contributed by atoms with Crippen LogP contribution >= 0.6 is 0 Å². The fourth-order valence-corrected chi connectivity index (χ4v) is 2.46. The standard InChI is InChI=1S/C19H25NO3/c1-15-7-4-5-10-19(15)23-14-17(21)13-20(2)12-16-8-6-9-18(11-16)22-3/h4-11,17,21H,12-14H2,1-3H3. The quantitative estimate of drug-likeness (QED) is 0.813. The number of rotatable bonds is 8. The number of benzene rings is 2. The second-order valence-corrected chi connectivity index (χ2v) is 5.78. The lowest BCUT2D eigenvalue weighted by molar-refractivity contribution is 0.0741. The van der Waals surface area contributed by atoms with Gasteiger partial charge in [0.15, 0.2) is 0 Å². The molecule has 4 heteroatoms. The Morgan fingerprint density at radius 3 is 2.65 bits per heavy atom. The highest BCUT2D eigenvalue weighted by molar-refractivity contribution is 5.31. The van der Waals surface area contributed by atoms with Crippen molar-refractivity contribution in [1.82, 2.24) is 4.90 Å². The van der Waals surface area contributed by atoms with E-state index in [2.05, 4.69) is 11.0 Å². The molecule has 2 rings (SSSR count). The average Bonchev–Trinajstić information content (AvgIpc) is 2.54. The minimum Gasteiger partial charge on any atom is -0.497 e. The number of aliphatic hydroxyl groups excluding tert-OH is 1. The number of likely N-dealkylation sites (N-methyl/N-ethyl adjacent to an activating group) is 1. The van der Waals surface area contributed by atoms with Gasteiger partial charge in [0.1, 0.15) is 24.2 Å². The van der Waals surface area contributed by atoms with Crippen molar-refractivity contribution in [3.8, 4) is 11.5 Å². The second kappa shape index (κ2) is 8.56. The van der Waals surface area contributed by atoms with Crippen molar-refractivity contribution in [3.05, 3.63) is 59.7 Å². The van der Waals surface area contributed by atoms with Crippen molar-refractivity contribution < 1.29 is 14.6 Å². The second-order valence-electron chi connectivity index (χ2n) is 5.78. The molecule has 0 aromatic heterocycles. The van der Waals surface area contributed by atoms with Crippen molar-refractivity contribution in [2.45, 2.75) is 19.6 Å². The molecule has 0 heterocycles. The summed E-state index contributed by atoms with van der Waals surface area (Å²) in [6.45, 7) is 3.58. The molecule has 124 valence electrons. The van der Waals surface area contributed by atoms with Crippen LogP contribution in [-0.2, 0) is 6.54 Å². The minimum absolute atomic E-state index is 0.285. The first-order valence-corrected chi connectivity index (χ1v) is 7.76. The van der Waals surface area contributed by atoms with Gasteiger partial charge in [-0.15, -0.1) is 0 Å². The van der Waals surface area contributed by atoms with E-state index in [1.165, 1.54) is 0 Å². The maximum Gasteiger partial charge on any atom is 0.122 e. The van der Waals surface area contributed by atoms with Crippen molar-refractivity contribution in [3.63, 3.8) is 0 Å². The summed E-state index contributed by atoms with van der Waals surface area (Å²) < 4.78 is 10.9. The molecule has 1 N–H and O–H groups in total. The first kappa shape index (κ1) is 17.3. The predicted molar refractivity (Wildman–Crippen MR) is 92.0 cm³/mol. The number of hydrogen-bond acceptors (Lipinski definition) is 4. The normalized spacial score (nSPS) is 12.2. The van der Waals surface area contributed by atoms with E-state index in [0.717, 1.165) is 29.2 Å². The van der Waals surface area contributed by atoms with E-state index < -0.39 is 6.10 Å². The molecule has 0 aliphatic carbocycles. The monoisotopic (exact) mass is 315 g/mol. The summed E-state index contributed by atoms with van der Waals surface area (Å²) in [5, 5.41) is 10.2. The lowest BCUT2D eigenvalue weighted by atomic mass is 10.2. The Labute approximate surface area is 138 Å². The number of ether oxygens (including phenoxy) is 2. The van der Waals surface area contributed by atoms with Crippen molar-refractivity contribution in [2.24, 2.45) is 0 Å². The molecule has 23 heavy (non-hydrogen) atoms. The SMILES string of the molecule is COc1cccc(CN(C)CC(O)COc2ccccc2C)c1. The largest absolute Gasteiger partial charge is 0.497 e. The summed E-state index contributed by atoms with van der Waals surface area (Å²) in [6, 6.07) is 15.8. The van der Waals surface area contributed by atoms with E-state index in [0.29, 0.717) is 6.54 Å². The van der Waals surface area contributed by atoms with Crippen LogP contribution in [0.25, 0.3) is 0 Å². The number of aryl methyl sites for hydroxylation is 1. The van der Waals surface area contributed by atoms with Gasteiger partial charge in [-0.2, -0.15) is 0 Å². The molecule has 1 unspecified atom stereocenters. The zero-order valence-electron chi connectivity index (χ0n) is 14.0. The highest BCUT2D eigenvalue weighted by atomic mass is 16.5. The van der Waals surface area contributed by atoms with E-state index in [9.17, 15) is 5.11 Å². The van der Waals surface area contributed by atoms with Crippen molar-refractivity contribution >= 4 is 0 Å². The Morgan fingerprint density at radius 1 is 1.13 bits per heavy atom. The predicted octanol–water partition coefficient (Wildman–Crippen LogP) is 2.88. The number of para-hydroxylation sites is 1. The third-order valence-electron chi connectivity index (χ3n) is 3.63. The fourth-order valence-electron chi connectivity index (χ4n) is 2.46. The van der Waals surface area contributed by atoms with Crippen LogP contribution in [-0.4, -0.2) is 43.4 Å². The van der Waals surface area contributed by atoms with Gasteiger partial charge in [-0.1, -0.05) is 30.3 Å². The molecule has 0 aliphatic heterocycles. The van der Waals surface area contributed by atoms with Crippen molar-refractivity contribution in [2.75, 3.05) is 27.3 Å². The van der Waals surface area contributed by atoms with Crippen LogP contribution in [0.15, 0.2) is 48.5 Å². The van der Waals surface area contributed by atoms with E-state index in [-0.39, 0.29) is 6.61 Å². The number of hydrogen-bond donors (Lipinski definition) is 1. The molecule has 0 fully saturated rings. The van der Waals surface area contributed by atoms with Gasteiger partial charge in [-0.05, 0) is 43.3 Å². The van der Waals surface area contributed by atoms with E-state index >= 15 is 0 Å².